The Morgan fingerprint density at radius 1 is 1.04 bits per heavy atom. The number of methoxy groups -OCH3 is 2. The molecule has 1 aromatic carbocycles. The zero-order chi connectivity index (χ0) is 19.3. The molecule has 0 radical (unpaired) electrons. The van der Waals surface area contributed by atoms with Gasteiger partial charge in [0.2, 0.25) is 11.8 Å². The lowest BCUT2D eigenvalue weighted by molar-refractivity contribution is -0.123. The monoisotopic (exact) mass is 371 g/mol. The number of amides is 2. The predicted octanol–water partition coefficient (Wildman–Crippen LogP) is 2.19. The molecule has 0 spiro atoms. The lowest BCUT2D eigenvalue weighted by Crippen LogP contribution is -2.34. The Kier molecular flexibility index (Phi) is 4.17. The summed E-state index contributed by atoms with van der Waals surface area (Å²) >= 11 is 0. The highest BCUT2D eigenvalue weighted by Gasteiger charge is 2.60. The minimum Gasteiger partial charge on any atom is -0.493 e. The van der Waals surface area contributed by atoms with Gasteiger partial charge in [0.1, 0.15) is 0 Å². The summed E-state index contributed by atoms with van der Waals surface area (Å²) in [7, 11) is 2.91. The summed E-state index contributed by atoms with van der Waals surface area (Å²) in [5, 5.41) is 0. The topological polar surface area (TPSA) is 82.1 Å². The second-order valence-corrected chi connectivity index (χ2v) is 6.96. The number of anilines is 1. The van der Waals surface area contributed by atoms with E-state index in [1.54, 1.807) is 6.92 Å². The quantitative estimate of drug-likeness (QED) is 0.448. The van der Waals surface area contributed by atoms with E-state index < -0.39 is 5.97 Å². The first-order valence-electron chi connectivity index (χ1n) is 9.01. The standard InChI is InChI=1S/C20H21NO6/c1-4-27-20(24)12-8-14(25-2)15(26-3)9-13(12)21-18(22)16-10-5-6-11(7-10)17(16)19(21)23/h5-6,8-11,16-17H,4,7H2,1-3H3. The van der Waals surface area contributed by atoms with Crippen LogP contribution in [0.5, 0.6) is 11.5 Å². The van der Waals surface area contributed by atoms with Gasteiger partial charge in [0, 0.05) is 12.1 Å². The molecule has 2 fully saturated rings. The molecule has 2 aliphatic carbocycles. The average molecular weight is 371 g/mol. The molecule has 1 heterocycles. The van der Waals surface area contributed by atoms with E-state index in [1.165, 1.54) is 26.4 Å². The molecule has 2 bridgehead atoms. The lowest BCUT2D eigenvalue weighted by Gasteiger charge is -2.21. The van der Waals surface area contributed by atoms with Gasteiger partial charge < -0.3 is 14.2 Å². The van der Waals surface area contributed by atoms with Crippen LogP contribution in [0.2, 0.25) is 0 Å². The van der Waals surface area contributed by atoms with Crippen LogP contribution in [0.25, 0.3) is 0 Å². The van der Waals surface area contributed by atoms with E-state index in [0.717, 1.165) is 11.3 Å². The van der Waals surface area contributed by atoms with E-state index in [-0.39, 0.29) is 53.3 Å². The molecule has 7 heteroatoms. The fourth-order valence-corrected chi connectivity index (χ4v) is 4.57. The van der Waals surface area contributed by atoms with E-state index in [0.29, 0.717) is 11.5 Å². The number of carbonyl (C=O) groups is 3. The Bertz CT molecular complexity index is 830. The second kappa shape index (κ2) is 6.40. The van der Waals surface area contributed by atoms with Crippen molar-refractivity contribution in [1.29, 1.82) is 0 Å². The van der Waals surface area contributed by atoms with Crippen LogP contribution in [0, 0.1) is 23.7 Å². The Morgan fingerprint density at radius 3 is 2.11 bits per heavy atom. The van der Waals surface area contributed by atoms with Crippen LogP contribution in [0.15, 0.2) is 24.3 Å². The number of imide groups is 1. The second-order valence-electron chi connectivity index (χ2n) is 6.96. The third-order valence-electron chi connectivity index (χ3n) is 5.71. The van der Waals surface area contributed by atoms with Gasteiger partial charge in [0.05, 0.1) is 43.9 Å². The van der Waals surface area contributed by atoms with Crippen molar-refractivity contribution in [2.45, 2.75) is 13.3 Å². The van der Waals surface area contributed by atoms with Gasteiger partial charge in [-0.05, 0) is 25.2 Å². The fourth-order valence-electron chi connectivity index (χ4n) is 4.57. The third-order valence-corrected chi connectivity index (χ3v) is 5.71. The molecule has 3 aliphatic rings. The third kappa shape index (κ3) is 2.44. The Balaban J connectivity index is 1.82. The molecule has 4 unspecified atom stereocenters. The maximum atomic E-state index is 13.1. The van der Waals surface area contributed by atoms with Crippen LogP contribution < -0.4 is 14.4 Å². The van der Waals surface area contributed by atoms with Gasteiger partial charge in [-0.15, -0.1) is 0 Å². The number of benzene rings is 1. The molecule has 142 valence electrons. The van der Waals surface area contributed by atoms with Crippen molar-refractivity contribution in [1.82, 2.24) is 0 Å². The molecular formula is C20H21NO6. The molecule has 1 saturated carbocycles. The van der Waals surface area contributed by atoms with Gasteiger partial charge in [-0.25, -0.2) is 9.69 Å². The molecule has 1 aromatic rings. The normalized spacial score (nSPS) is 27.9. The van der Waals surface area contributed by atoms with Crippen molar-refractivity contribution in [3.63, 3.8) is 0 Å². The highest BCUT2D eigenvalue weighted by atomic mass is 16.5. The smallest absolute Gasteiger partial charge is 0.340 e. The van der Waals surface area contributed by atoms with Crippen molar-refractivity contribution in [3.05, 3.63) is 29.8 Å². The first-order valence-corrected chi connectivity index (χ1v) is 9.01. The van der Waals surface area contributed by atoms with Gasteiger partial charge >= 0.3 is 5.97 Å². The van der Waals surface area contributed by atoms with Crippen molar-refractivity contribution in [3.8, 4) is 11.5 Å². The Labute approximate surface area is 156 Å². The van der Waals surface area contributed by atoms with E-state index in [9.17, 15) is 14.4 Å². The van der Waals surface area contributed by atoms with Crippen molar-refractivity contribution >= 4 is 23.5 Å². The largest absolute Gasteiger partial charge is 0.493 e. The molecule has 27 heavy (non-hydrogen) atoms. The number of hydrogen-bond donors (Lipinski definition) is 0. The fraction of sp³-hybridized carbons (Fsp3) is 0.450. The van der Waals surface area contributed by atoms with Gasteiger partial charge in [-0.2, -0.15) is 0 Å². The van der Waals surface area contributed by atoms with Gasteiger partial charge in [0.15, 0.2) is 11.5 Å². The molecular weight excluding hydrogens is 350 g/mol. The van der Waals surface area contributed by atoms with Crippen LogP contribution in [-0.2, 0) is 14.3 Å². The van der Waals surface area contributed by atoms with Crippen LogP contribution in [0.1, 0.15) is 23.7 Å². The number of allylic oxidation sites excluding steroid dienone is 2. The van der Waals surface area contributed by atoms with Crippen LogP contribution in [-0.4, -0.2) is 38.6 Å². The summed E-state index contributed by atoms with van der Waals surface area (Å²) in [5.41, 5.74) is 0.298. The first kappa shape index (κ1) is 17.6. The average Bonchev–Trinajstić information content (AvgIpc) is 3.35. The highest BCUT2D eigenvalue weighted by Crippen LogP contribution is 2.54. The zero-order valence-electron chi connectivity index (χ0n) is 15.4. The van der Waals surface area contributed by atoms with E-state index in [4.69, 9.17) is 14.2 Å². The lowest BCUT2D eigenvalue weighted by atomic mass is 9.85. The van der Waals surface area contributed by atoms with Gasteiger partial charge in [0.25, 0.3) is 0 Å². The van der Waals surface area contributed by atoms with Crippen LogP contribution >= 0.6 is 0 Å². The molecule has 0 aromatic heterocycles. The number of ether oxygens (including phenoxy) is 3. The van der Waals surface area contributed by atoms with E-state index >= 15 is 0 Å². The maximum absolute atomic E-state index is 13.1. The summed E-state index contributed by atoms with van der Waals surface area (Å²) in [4.78, 5) is 39.9. The number of nitrogens with zero attached hydrogens (tertiary/aromatic N) is 1. The van der Waals surface area contributed by atoms with Crippen LogP contribution in [0.3, 0.4) is 0 Å². The summed E-state index contributed by atoms with van der Waals surface area (Å²) in [6.07, 6.45) is 4.90. The summed E-state index contributed by atoms with van der Waals surface area (Å²) in [5.74, 6) is -1.01. The van der Waals surface area contributed by atoms with E-state index in [1.807, 2.05) is 12.2 Å². The molecule has 4 rings (SSSR count). The Hall–Kier alpha value is -2.83. The highest BCUT2D eigenvalue weighted by molar-refractivity contribution is 6.24. The first-order chi connectivity index (χ1) is 13.0. The number of esters is 1. The molecule has 0 N–H and O–H groups in total. The molecule has 2 amide bonds. The van der Waals surface area contributed by atoms with Crippen molar-refractivity contribution < 1.29 is 28.6 Å². The number of rotatable bonds is 5. The number of fused-ring (bicyclic) bond motifs is 5. The van der Waals surface area contributed by atoms with Gasteiger partial charge in [-0.1, -0.05) is 12.2 Å². The predicted molar refractivity (Wildman–Crippen MR) is 95.7 cm³/mol. The molecule has 4 atom stereocenters. The molecule has 1 aliphatic heterocycles. The van der Waals surface area contributed by atoms with Crippen LogP contribution in [0.4, 0.5) is 5.69 Å². The summed E-state index contributed by atoms with van der Waals surface area (Å²) in [6.45, 7) is 1.87. The summed E-state index contributed by atoms with van der Waals surface area (Å²) < 4.78 is 15.7. The Morgan fingerprint density at radius 2 is 1.59 bits per heavy atom. The van der Waals surface area contributed by atoms with Crippen molar-refractivity contribution in [2.75, 3.05) is 25.7 Å². The summed E-state index contributed by atoms with van der Waals surface area (Å²) in [6, 6.07) is 2.95. The maximum Gasteiger partial charge on any atom is 0.340 e. The zero-order valence-corrected chi connectivity index (χ0v) is 15.4. The minimum atomic E-state index is -0.618. The number of carbonyl (C=O) groups excluding carboxylic acids is 3. The van der Waals surface area contributed by atoms with Crippen molar-refractivity contribution in [2.24, 2.45) is 23.7 Å². The molecule has 1 saturated heterocycles. The SMILES string of the molecule is CCOC(=O)c1cc(OC)c(OC)cc1N1C(=O)C2C3C=CC(C3)C2C1=O. The molecule has 7 nitrogen and oxygen atoms in total. The minimum absolute atomic E-state index is 0.0904. The van der Waals surface area contributed by atoms with Gasteiger partial charge in [-0.3, -0.25) is 9.59 Å². The number of hydrogen-bond acceptors (Lipinski definition) is 6. The van der Waals surface area contributed by atoms with E-state index in [2.05, 4.69) is 0 Å².